The molecule has 102 valence electrons. The molecule has 1 fully saturated rings. The molecule has 0 aliphatic carbocycles. The first-order chi connectivity index (χ1) is 7.83. The molecule has 3 atom stereocenters. The van der Waals surface area contributed by atoms with Crippen molar-refractivity contribution >= 4 is 0 Å². The minimum Gasteiger partial charge on any atom is -0.311 e. The molecule has 0 amide bonds. The van der Waals surface area contributed by atoms with Gasteiger partial charge in [0, 0.05) is 31.7 Å². The number of nitrogens with one attached hydrogen (secondary N) is 1. The van der Waals surface area contributed by atoms with Crippen LogP contribution in [0, 0.1) is 5.92 Å². The number of alkyl halides is 3. The van der Waals surface area contributed by atoms with Gasteiger partial charge in [0.25, 0.3) is 0 Å². The van der Waals surface area contributed by atoms with Crippen molar-refractivity contribution < 1.29 is 13.2 Å². The van der Waals surface area contributed by atoms with E-state index in [-0.39, 0.29) is 12.6 Å². The van der Waals surface area contributed by atoms with Crippen LogP contribution in [0.3, 0.4) is 0 Å². The molecular weight excluding hydrogens is 229 g/mol. The minimum absolute atomic E-state index is 0.124. The normalized spacial score (nSPS) is 29.3. The number of nitrogens with zero attached hydrogens (tertiary/aromatic N) is 1. The smallest absolute Gasteiger partial charge is 0.311 e. The van der Waals surface area contributed by atoms with Gasteiger partial charge in [-0.05, 0) is 12.8 Å². The Morgan fingerprint density at radius 3 is 2.59 bits per heavy atom. The van der Waals surface area contributed by atoms with Gasteiger partial charge < -0.3 is 5.32 Å². The SMILES string of the molecule is CCC(C)C1CN(CCC(F)(F)F)C(C)CN1. The first-order valence-electron chi connectivity index (χ1n) is 6.37. The van der Waals surface area contributed by atoms with Gasteiger partial charge in [0.2, 0.25) is 0 Å². The van der Waals surface area contributed by atoms with Crippen LogP contribution in [0.5, 0.6) is 0 Å². The second-order valence-corrected chi connectivity index (χ2v) is 5.11. The van der Waals surface area contributed by atoms with E-state index in [0.717, 1.165) is 19.5 Å². The molecule has 0 spiro atoms. The average Bonchev–Trinajstić information content (AvgIpc) is 2.26. The van der Waals surface area contributed by atoms with Crippen LogP contribution in [-0.4, -0.2) is 42.8 Å². The van der Waals surface area contributed by atoms with Crippen LogP contribution in [0.15, 0.2) is 0 Å². The van der Waals surface area contributed by atoms with E-state index in [2.05, 4.69) is 19.2 Å². The molecular formula is C12H23F3N2. The molecule has 0 aromatic carbocycles. The van der Waals surface area contributed by atoms with E-state index >= 15 is 0 Å². The van der Waals surface area contributed by atoms with Crippen LogP contribution < -0.4 is 5.32 Å². The predicted molar refractivity (Wildman–Crippen MR) is 63.0 cm³/mol. The molecule has 2 nitrogen and oxygen atoms in total. The van der Waals surface area contributed by atoms with Gasteiger partial charge >= 0.3 is 6.18 Å². The van der Waals surface area contributed by atoms with Crippen molar-refractivity contribution in [3.05, 3.63) is 0 Å². The van der Waals surface area contributed by atoms with Gasteiger partial charge in [0.1, 0.15) is 0 Å². The Morgan fingerprint density at radius 2 is 2.06 bits per heavy atom. The van der Waals surface area contributed by atoms with Crippen molar-refractivity contribution in [2.75, 3.05) is 19.6 Å². The molecule has 1 rings (SSSR count). The lowest BCUT2D eigenvalue weighted by Gasteiger charge is -2.41. The number of piperazine rings is 1. The maximum atomic E-state index is 12.2. The summed E-state index contributed by atoms with van der Waals surface area (Å²) in [6.45, 7) is 7.88. The molecule has 0 saturated carbocycles. The van der Waals surface area contributed by atoms with E-state index < -0.39 is 12.6 Å². The fraction of sp³-hybridized carbons (Fsp3) is 1.00. The van der Waals surface area contributed by atoms with Crippen molar-refractivity contribution in [3.63, 3.8) is 0 Å². The van der Waals surface area contributed by atoms with Crippen molar-refractivity contribution in [3.8, 4) is 0 Å². The predicted octanol–water partition coefficient (Wildman–Crippen LogP) is 2.65. The lowest BCUT2D eigenvalue weighted by atomic mass is 9.95. The number of hydrogen-bond donors (Lipinski definition) is 1. The summed E-state index contributed by atoms with van der Waals surface area (Å²) in [5, 5.41) is 3.42. The molecule has 0 bridgehead atoms. The van der Waals surface area contributed by atoms with Crippen LogP contribution in [0.25, 0.3) is 0 Å². The monoisotopic (exact) mass is 252 g/mol. The molecule has 0 aromatic rings. The molecule has 0 aromatic heterocycles. The Kier molecular flexibility index (Phi) is 5.25. The summed E-state index contributed by atoms with van der Waals surface area (Å²) in [7, 11) is 0. The quantitative estimate of drug-likeness (QED) is 0.827. The topological polar surface area (TPSA) is 15.3 Å². The van der Waals surface area contributed by atoms with E-state index in [9.17, 15) is 13.2 Å². The average molecular weight is 252 g/mol. The third-order valence-electron chi connectivity index (χ3n) is 3.74. The van der Waals surface area contributed by atoms with Gasteiger partial charge in [0.15, 0.2) is 0 Å². The van der Waals surface area contributed by atoms with Crippen molar-refractivity contribution in [1.82, 2.24) is 10.2 Å². The summed E-state index contributed by atoms with van der Waals surface area (Å²) in [5.41, 5.74) is 0. The van der Waals surface area contributed by atoms with E-state index in [1.807, 2.05) is 11.8 Å². The zero-order chi connectivity index (χ0) is 13.1. The molecule has 5 heteroatoms. The van der Waals surface area contributed by atoms with Crippen LogP contribution in [-0.2, 0) is 0 Å². The first kappa shape index (κ1) is 14.8. The minimum atomic E-state index is -4.05. The Labute approximate surface area is 102 Å². The van der Waals surface area contributed by atoms with Gasteiger partial charge in [-0.25, -0.2) is 0 Å². The maximum Gasteiger partial charge on any atom is 0.390 e. The third kappa shape index (κ3) is 4.84. The molecule has 1 aliphatic heterocycles. The van der Waals surface area contributed by atoms with E-state index in [4.69, 9.17) is 0 Å². The Balaban J connectivity index is 2.46. The highest BCUT2D eigenvalue weighted by Gasteiger charge is 2.32. The summed E-state index contributed by atoms with van der Waals surface area (Å²) in [5.74, 6) is 0.510. The van der Waals surface area contributed by atoms with Crippen LogP contribution >= 0.6 is 0 Å². The summed E-state index contributed by atoms with van der Waals surface area (Å²) < 4.78 is 36.7. The Morgan fingerprint density at radius 1 is 1.41 bits per heavy atom. The summed E-state index contributed by atoms with van der Waals surface area (Å²) in [6.07, 6.45) is -3.69. The van der Waals surface area contributed by atoms with Gasteiger partial charge in [-0.3, -0.25) is 4.90 Å². The number of hydrogen-bond acceptors (Lipinski definition) is 2. The molecule has 1 heterocycles. The largest absolute Gasteiger partial charge is 0.390 e. The van der Waals surface area contributed by atoms with Gasteiger partial charge in [0.05, 0.1) is 6.42 Å². The second kappa shape index (κ2) is 6.05. The fourth-order valence-corrected chi connectivity index (χ4v) is 2.20. The van der Waals surface area contributed by atoms with Gasteiger partial charge in [-0.15, -0.1) is 0 Å². The lowest BCUT2D eigenvalue weighted by molar-refractivity contribution is -0.139. The van der Waals surface area contributed by atoms with Crippen molar-refractivity contribution in [1.29, 1.82) is 0 Å². The fourth-order valence-electron chi connectivity index (χ4n) is 2.20. The molecule has 17 heavy (non-hydrogen) atoms. The number of rotatable bonds is 4. The zero-order valence-electron chi connectivity index (χ0n) is 10.8. The first-order valence-corrected chi connectivity index (χ1v) is 6.37. The molecule has 1 saturated heterocycles. The summed E-state index contributed by atoms with van der Waals surface area (Å²) in [6, 6.07) is 0.516. The van der Waals surface area contributed by atoms with Crippen LogP contribution in [0.2, 0.25) is 0 Å². The Hall–Kier alpha value is -0.290. The zero-order valence-corrected chi connectivity index (χ0v) is 10.8. The molecule has 3 unspecified atom stereocenters. The summed E-state index contributed by atoms with van der Waals surface area (Å²) >= 11 is 0. The highest BCUT2D eigenvalue weighted by molar-refractivity contribution is 4.86. The van der Waals surface area contributed by atoms with Crippen molar-refractivity contribution in [2.45, 2.75) is 51.9 Å². The molecule has 1 N–H and O–H groups in total. The Bertz CT molecular complexity index is 230. The molecule has 1 aliphatic rings. The standard InChI is InChI=1S/C12H23F3N2/c1-4-9(2)11-8-17(10(3)7-16-11)6-5-12(13,14)15/h9-11,16H,4-8H2,1-3H3. The van der Waals surface area contributed by atoms with Crippen LogP contribution in [0.4, 0.5) is 13.2 Å². The van der Waals surface area contributed by atoms with Gasteiger partial charge in [-0.2, -0.15) is 13.2 Å². The van der Waals surface area contributed by atoms with Crippen molar-refractivity contribution in [2.24, 2.45) is 5.92 Å². The van der Waals surface area contributed by atoms with E-state index in [0.29, 0.717) is 12.0 Å². The molecule has 0 radical (unpaired) electrons. The van der Waals surface area contributed by atoms with E-state index in [1.54, 1.807) is 0 Å². The number of halogens is 3. The highest BCUT2D eigenvalue weighted by atomic mass is 19.4. The van der Waals surface area contributed by atoms with Crippen LogP contribution in [0.1, 0.15) is 33.6 Å². The van der Waals surface area contributed by atoms with Gasteiger partial charge in [-0.1, -0.05) is 20.3 Å². The third-order valence-corrected chi connectivity index (χ3v) is 3.74. The maximum absolute atomic E-state index is 12.2. The summed E-state index contributed by atoms with van der Waals surface area (Å²) in [4.78, 5) is 1.96. The highest BCUT2D eigenvalue weighted by Crippen LogP contribution is 2.22. The second-order valence-electron chi connectivity index (χ2n) is 5.11. The lowest BCUT2D eigenvalue weighted by Crippen LogP contribution is -2.57. The van der Waals surface area contributed by atoms with E-state index in [1.165, 1.54) is 0 Å².